The average Bonchev–Trinajstić information content (AvgIpc) is 2.87. The third kappa shape index (κ3) is 4.00. The number of nitrogens with one attached hydrogen (secondary N) is 1. The molecule has 1 aliphatic heterocycles. The molecule has 0 amide bonds. The minimum atomic E-state index is -3.38. The summed E-state index contributed by atoms with van der Waals surface area (Å²) in [6.45, 7) is 5.56. The van der Waals surface area contributed by atoms with Crippen molar-refractivity contribution in [2.24, 2.45) is 5.92 Å². The Labute approximate surface area is 119 Å². The van der Waals surface area contributed by atoms with Crippen LogP contribution in [0.2, 0.25) is 0 Å². The Morgan fingerprint density at radius 1 is 1.40 bits per heavy atom. The van der Waals surface area contributed by atoms with Gasteiger partial charge in [0.05, 0.1) is 0 Å². The molecule has 1 aliphatic rings. The number of nitrogens with zero attached hydrogens (tertiary/aromatic N) is 3. The first-order valence-electron chi connectivity index (χ1n) is 7.07. The van der Waals surface area contributed by atoms with Crippen molar-refractivity contribution in [3.63, 3.8) is 0 Å². The van der Waals surface area contributed by atoms with Gasteiger partial charge in [0.1, 0.15) is 0 Å². The molecule has 2 heterocycles. The highest BCUT2D eigenvalue weighted by Gasteiger charge is 2.25. The maximum Gasteiger partial charge on any atom is 0.279 e. The summed E-state index contributed by atoms with van der Waals surface area (Å²) in [6, 6.07) is 0. The molecule has 1 aromatic rings. The molecule has 2 rings (SSSR count). The van der Waals surface area contributed by atoms with Crippen molar-refractivity contribution in [2.45, 2.75) is 39.5 Å². The molecule has 0 aliphatic carbocycles. The fourth-order valence-electron chi connectivity index (χ4n) is 2.14. The van der Waals surface area contributed by atoms with E-state index in [9.17, 15) is 8.42 Å². The summed E-state index contributed by atoms with van der Waals surface area (Å²) in [5, 5.41) is 3.77. The number of hydrogen-bond donors (Lipinski definition) is 1. The van der Waals surface area contributed by atoms with E-state index in [0.29, 0.717) is 43.6 Å². The molecular formula is C12H22N4O3S. The van der Waals surface area contributed by atoms with E-state index in [4.69, 9.17) is 4.52 Å². The van der Waals surface area contributed by atoms with Gasteiger partial charge in [0, 0.05) is 32.5 Å². The van der Waals surface area contributed by atoms with Gasteiger partial charge in [-0.05, 0) is 18.8 Å². The number of rotatable bonds is 6. The van der Waals surface area contributed by atoms with Gasteiger partial charge in [-0.3, -0.25) is 0 Å². The minimum absolute atomic E-state index is 0.278. The Morgan fingerprint density at radius 2 is 2.10 bits per heavy atom. The lowest BCUT2D eigenvalue weighted by atomic mass is 10.0. The Hall–Kier alpha value is -0.990. The highest BCUT2D eigenvalue weighted by atomic mass is 32.2. The van der Waals surface area contributed by atoms with Crippen LogP contribution in [0.4, 0.5) is 0 Å². The maximum atomic E-state index is 12.1. The Bertz CT molecular complexity index is 521. The number of aromatic nitrogens is 2. The van der Waals surface area contributed by atoms with Crippen molar-refractivity contribution in [3.05, 3.63) is 11.7 Å². The normalized spacial score (nSPS) is 18.5. The fraction of sp³-hybridized carbons (Fsp3) is 0.833. The van der Waals surface area contributed by atoms with E-state index in [1.807, 2.05) is 6.92 Å². The van der Waals surface area contributed by atoms with Crippen LogP contribution < -0.4 is 4.72 Å². The van der Waals surface area contributed by atoms with Crippen LogP contribution in [0.25, 0.3) is 0 Å². The highest BCUT2D eigenvalue weighted by Crippen LogP contribution is 2.17. The van der Waals surface area contributed by atoms with E-state index in [2.05, 4.69) is 21.8 Å². The molecule has 114 valence electrons. The van der Waals surface area contributed by atoms with E-state index in [1.54, 1.807) is 0 Å². The second-order valence-corrected chi connectivity index (χ2v) is 6.94. The zero-order valence-corrected chi connectivity index (χ0v) is 12.8. The van der Waals surface area contributed by atoms with Gasteiger partial charge < -0.3 is 4.52 Å². The number of piperidine rings is 1. The van der Waals surface area contributed by atoms with E-state index < -0.39 is 10.2 Å². The fourth-order valence-corrected chi connectivity index (χ4v) is 3.37. The third-order valence-electron chi connectivity index (χ3n) is 3.53. The molecule has 0 spiro atoms. The van der Waals surface area contributed by atoms with E-state index in [-0.39, 0.29) is 6.54 Å². The largest absolute Gasteiger partial charge is 0.339 e. The predicted molar refractivity (Wildman–Crippen MR) is 74.3 cm³/mol. The summed E-state index contributed by atoms with van der Waals surface area (Å²) in [5.74, 6) is 1.72. The molecule has 1 fully saturated rings. The zero-order chi connectivity index (χ0) is 14.6. The summed E-state index contributed by atoms with van der Waals surface area (Å²) in [7, 11) is -3.38. The molecule has 7 nitrogen and oxygen atoms in total. The third-order valence-corrected chi connectivity index (χ3v) is 5.15. The number of aryl methyl sites for hydroxylation is 1. The van der Waals surface area contributed by atoms with Gasteiger partial charge in [-0.25, -0.2) is 4.72 Å². The summed E-state index contributed by atoms with van der Waals surface area (Å²) < 4.78 is 33.3. The SMILES string of the molecule is CCc1noc(CCNS(=O)(=O)N2CCC(C)CC2)n1. The first-order chi connectivity index (χ1) is 9.51. The molecular weight excluding hydrogens is 280 g/mol. The van der Waals surface area contributed by atoms with Crippen LogP contribution in [-0.4, -0.2) is 42.5 Å². The lowest BCUT2D eigenvalue weighted by Gasteiger charge is -2.29. The summed E-state index contributed by atoms with van der Waals surface area (Å²) >= 11 is 0. The van der Waals surface area contributed by atoms with E-state index >= 15 is 0 Å². The van der Waals surface area contributed by atoms with Gasteiger partial charge in [0.2, 0.25) is 5.89 Å². The monoisotopic (exact) mass is 302 g/mol. The van der Waals surface area contributed by atoms with Crippen LogP contribution in [0.15, 0.2) is 4.52 Å². The second-order valence-electron chi connectivity index (χ2n) is 5.19. The lowest BCUT2D eigenvalue weighted by molar-refractivity contribution is 0.285. The topological polar surface area (TPSA) is 88.3 Å². The van der Waals surface area contributed by atoms with Crippen LogP contribution in [0, 0.1) is 5.92 Å². The minimum Gasteiger partial charge on any atom is -0.339 e. The van der Waals surface area contributed by atoms with Crippen LogP contribution in [0.1, 0.15) is 38.4 Å². The van der Waals surface area contributed by atoms with Crippen molar-refractivity contribution in [2.75, 3.05) is 19.6 Å². The van der Waals surface area contributed by atoms with Gasteiger partial charge in [-0.2, -0.15) is 17.7 Å². The van der Waals surface area contributed by atoms with Crippen molar-refractivity contribution in [1.82, 2.24) is 19.2 Å². The van der Waals surface area contributed by atoms with Crippen molar-refractivity contribution < 1.29 is 12.9 Å². The Kier molecular flexibility index (Phi) is 5.11. The first kappa shape index (κ1) is 15.4. The molecule has 1 aromatic heterocycles. The van der Waals surface area contributed by atoms with Gasteiger partial charge in [0.25, 0.3) is 10.2 Å². The molecule has 8 heteroatoms. The molecule has 20 heavy (non-hydrogen) atoms. The van der Waals surface area contributed by atoms with Gasteiger partial charge >= 0.3 is 0 Å². The molecule has 1 saturated heterocycles. The van der Waals surface area contributed by atoms with E-state index in [1.165, 1.54) is 4.31 Å². The predicted octanol–water partition coefficient (Wildman–Crippen LogP) is 0.741. The van der Waals surface area contributed by atoms with Crippen LogP contribution in [0.3, 0.4) is 0 Å². The molecule has 0 aromatic carbocycles. The summed E-state index contributed by atoms with van der Waals surface area (Å²) in [4.78, 5) is 4.14. The van der Waals surface area contributed by atoms with Crippen molar-refractivity contribution >= 4 is 10.2 Å². The molecule has 0 unspecified atom stereocenters. The molecule has 0 atom stereocenters. The zero-order valence-electron chi connectivity index (χ0n) is 12.0. The molecule has 0 bridgehead atoms. The van der Waals surface area contributed by atoms with Crippen molar-refractivity contribution in [1.29, 1.82) is 0 Å². The maximum absolute atomic E-state index is 12.1. The quantitative estimate of drug-likeness (QED) is 0.837. The number of hydrogen-bond acceptors (Lipinski definition) is 5. The Balaban J connectivity index is 1.80. The molecule has 0 radical (unpaired) electrons. The van der Waals surface area contributed by atoms with Crippen LogP contribution >= 0.6 is 0 Å². The standard InChI is InChI=1S/C12H22N4O3S/c1-3-11-14-12(19-15-11)4-7-13-20(17,18)16-8-5-10(2)6-9-16/h10,13H,3-9H2,1-2H3. The average molecular weight is 302 g/mol. The van der Waals surface area contributed by atoms with E-state index in [0.717, 1.165) is 12.8 Å². The lowest BCUT2D eigenvalue weighted by Crippen LogP contribution is -2.45. The van der Waals surface area contributed by atoms with Gasteiger partial charge in [-0.1, -0.05) is 19.0 Å². The van der Waals surface area contributed by atoms with Crippen LogP contribution in [-0.2, 0) is 23.1 Å². The second kappa shape index (κ2) is 6.64. The Morgan fingerprint density at radius 3 is 2.70 bits per heavy atom. The van der Waals surface area contributed by atoms with Gasteiger partial charge in [-0.15, -0.1) is 0 Å². The summed E-state index contributed by atoms with van der Waals surface area (Å²) in [6.07, 6.45) is 2.96. The smallest absolute Gasteiger partial charge is 0.279 e. The highest BCUT2D eigenvalue weighted by molar-refractivity contribution is 7.87. The van der Waals surface area contributed by atoms with Gasteiger partial charge in [0.15, 0.2) is 5.82 Å². The molecule has 0 saturated carbocycles. The first-order valence-corrected chi connectivity index (χ1v) is 8.51. The summed E-state index contributed by atoms with van der Waals surface area (Å²) in [5.41, 5.74) is 0. The van der Waals surface area contributed by atoms with Crippen LogP contribution in [0.5, 0.6) is 0 Å². The molecule has 1 N–H and O–H groups in total. The van der Waals surface area contributed by atoms with Crippen molar-refractivity contribution in [3.8, 4) is 0 Å².